The molecule has 0 aromatic carbocycles. The van der Waals surface area contributed by atoms with Crippen LogP contribution in [0.3, 0.4) is 0 Å². The van der Waals surface area contributed by atoms with Gasteiger partial charge < -0.3 is 55.9 Å². The van der Waals surface area contributed by atoms with Crippen LogP contribution in [-0.4, -0.2) is 91.4 Å². The van der Waals surface area contributed by atoms with Crippen LogP contribution in [0.5, 0.6) is 0 Å². The molecule has 0 amide bonds. The van der Waals surface area contributed by atoms with Crippen molar-refractivity contribution >= 4 is 53.7 Å². The zero-order chi connectivity index (χ0) is 75.7. The number of ether oxygens (including phenoxy) is 9. The van der Waals surface area contributed by atoms with Crippen LogP contribution in [0.2, 0.25) is 0 Å². The fourth-order valence-electron chi connectivity index (χ4n) is 12.4. The molecule has 3 unspecified atom stereocenters. The zero-order valence-corrected chi connectivity index (χ0v) is 64.7. The number of unbranched alkanes of at least 4 members (excludes halogenated alkanes) is 30. The quantitative estimate of drug-likeness (QED) is 0.0288. The van der Waals surface area contributed by atoms with Crippen molar-refractivity contribution in [2.24, 2.45) is 0 Å². The van der Waals surface area contributed by atoms with Gasteiger partial charge in [0, 0.05) is 19.3 Å². The van der Waals surface area contributed by atoms with Crippen molar-refractivity contribution in [2.45, 2.75) is 392 Å². The van der Waals surface area contributed by atoms with E-state index >= 15 is 0 Å². The van der Waals surface area contributed by atoms with Crippen molar-refractivity contribution in [2.75, 3.05) is 13.2 Å². The Morgan fingerprint density at radius 3 is 0.714 bits per heavy atom. The van der Waals surface area contributed by atoms with Gasteiger partial charge in [0.15, 0.2) is 6.10 Å². The second kappa shape index (κ2) is 64.3. The second-order valence-corrected chi connectivity index (χ2v) is 28.2. The Labute approximate surface area is 628 Å². The van der Waals surface area contributed by atoms with E-state index in [1.807, 2.05) is 0 Å². The second-order valence-electron chi connectivity index (χ2n) is 28.2. The number of rotatable bonds is 71. The summed E-state index contributed by atoms with van der Waals surface area (Å²) < 4.78 is 65.8. The Morgan fingerprint density at radius 2 is 0.457 bits per heavy atom. The maximum absolute atomic E-state index is 13.2. The highest BCUT2D eigenvalue weighted by Gasteiger charge is 2.23. The molecule has 0 spiro atoms. The summed E-state index contributed by atoms with van der Waals surface area (Å²) in [5, 5.41) is 0. The largest absolute Gasteiger partial charge is 0.466 e. The maximum atomic E-state index is 13.2. The van der Waals surface area contributed by atoms with Crippen LogP contribution in [0.15, 0.2) is 68.4 Å². The lowest BCUT2D eigenvalue weighted by Gasteiger charge is -2.18. The average molecular weight is 1480 g/mol. The van der Waals surface area contributed by atoms with E-state index in [2.05, 4.69) is 20.8 Å². The Kier molecular flexibility index (Phi) is 56.5. The van der Waals surface area contributed by atoms with E-state index in [0.29, 0.717) is 36.5 Å². The summed E-state index contributed by atoms with van der Waals surface area (Å²) in [6, 6.07) is 10.3. The van der Waals surface area contributed by atoms with E-state index < -0.39 is 41.9 Å². The Bertz CT molecular complexity index is 2530. The Balaban J connectivity index is 1.36. The summed E-state index contributed by atoms with van der Waals surface area (Å²) in [5.41, 5.74) is 0. The van der Waals surface area contributed by atoms with Gasteiger partial charge in [-0.05, 0) is 133 Å². The van der Waals surface area contributed by atoms with Gasteiger partial charge in [0.25, 0.3) is 0 Å². The number of carbonyl (C=O) groups is 9. The minimum atomic E-state index is -0.928. The molecule has 105 heavy (non-hydrogen) atoms. The predicted molar refractivity (Wildman–Crippen MR) is 399 cm³/mol. The Morgan fingerprint density at radius 1 is 0.248 bits per heavy atom. The molecule has 3 heterocycles. The SMILES string of the molecule is CCCCCCC(CCCCCCCCCCC(=O)OCC(COC(=O)CCCCCCCCCCC(CCCCCC)OC(=O)CCC(=O)OCc1ccco1)OC(=O)CCCCCCCCCCC(CCCCCC)OC(=O)CCC(=O)OCc1ccco1)OC(=O)CCC(=O)OCc1ccco1. The molecular formula is C84H134O21. The van der Waals surface area contributed by atoms with E-state index in [4.69, 9.17) is 55.9 Å². The molecule has 596 valence electrons. The summed E-state index contributed by atoms with van der Waals surface area (Å²) in [6.45, 7) is 6.17. The summed E-state index contributed by atoms with van der Waals surface area (Å²) in [6.07, 6.45) is 44.1. The van der Waals surface area contributed by atoms with E-state index in [1.165, 1.54) is 18.8 Å². The summed E-state index contributed by atoms with van der Waals surface area (Å²) in [4.78, 5) is 114. The number of hydrogen-bond donors (Lipinski definition) is 0. The van der Waals surface area contributed by atoms with Crippen LogP contribution in [0.25, 0.3) is 0 Å². The number of esters is 9. The van der Waals surface area contributed by atoms with Gasteiger partial charge in [-0.15, -0.1) is 0 Å². The Hall–Kier alpha value is -6.93. The molecule has 3 rings (SSSR count). The van der Waals surface area contributed by atoms with Crippen LogP contribution < -0.4 is 0 Å². The van der Waals surface area contributed by atoms with Crippen molar-refractivity contribution in [3.05, 3.63) is 72.5 Å². The molecule has 0 bridgehead atoms. The zero-order valence-electron chi connectivity index (χ0n) is 64.7. The lowest BCUT2D eigenvalue weighted by molar-refractivity contribution is -0.167. The fraction of sp³-hybridized carbons (Fsp3) is 0.750. The molecule has 0 saturated carbocycles. The highest BCUT2D eigenvalue weighted by molar-refractivity contribution is 5.79. The summed E-state index contributed by atoms with van der Waals surface area (Å²) >= 11 is 0. The van der Waals surface area contributed by atoms with Gasteiger partial charge in [-0.3, -0.25) is 43.2 Å². The summed E-state index contributed by atoms with van der Waals surface area (Å²) in [7, 11) is 0. The van der Waals surface area contributed by atoms with E-state index in [1.54, 1.807) is 36.4 Å². The number of furan rings is 3. The van der Waals surface area contributed by atoms with Gasteiger partial charge in [-0.2, -0.15) is 0 Å². The third-order valence-corrected chi connectivity index (χ3v) is 18.6. The minimum absolute atomic E-state index is 0.0219. The van der Waals surface area contributed by atoms with Gasteiger partial charge in [0.05, 0.1) is 57.3 Å². The maximum Gasteiger partial charge on any atom is 0.306 e. The van der Waals surface area contributed by atoms with Crippen LogP contribution in [0.4, 0.5) is 0 Å². The van der Waals surface area contributed by atoms with Crippen molar-refractivity contribution < 1.29 is 99.0 Å². The van der Waals surface area contributed by atoms with Crippen molar-refractivity contribution in [3.8, 4) is 0 Å². The van der Waals surface area contributed by atoms with E-state index in [9.17, 15) is 43.2 Å². The molecular weight excluding hydrogens is 1340 g/mol. The lowest BCUT2D eigenvalue weighted by Crippen LogP contribution is -2.30. The number of carbonyl (C=O) groups excluding carboxylic acids is 9. The third kappa shape index (κ3) is 54.3. The molecule has 3 aromatic rings. The van der Waals surface area contributed by atoms with Crippen molar-refractivity contribution in [1.82, 2.24) is 0 Å². The molecule has 21 nitrogen and oxygen atoms in total. The van der Waals surface area contributed by atoms with E-state index in [-0.39, 0.29) is 127 Å². The van der Waals surface area contributed by atoms with Gasteiger partial charge in [0.1, 0.15) is 68.6 Å². The highest BCUT2D eigenvalue weighted by Crippen LogP contribution is 2.23. The fourth-order valence-corrected chi connectivity index (χ4v) is 12.4. The first-order valence-corrected chi connectivity index (χ1v) is 40.9. The van der Waals surface area contributed by atoms with Gasteiger partial charge >= 0.3 is 53.7 Å². The average Bonchev–Trinajstić information content (AvgIpc) is 2.22. The first-order chi connectivity index (χ1) is 51.2. The molecule has 0 radical (unpaired) electrons. The van der Waals surface area contributed by atoms with Gasteiger partial charge in [-0.1, -0.05) is 194 Å². The molecule has 0 aliphatic carbocycles. The van der Waals surface area contributed by atoms with Crippen molar-refractivity contribution in [3.63, 3.8) is 0 Å². The predicted octanol–water partition coefficient (Wildman–Crippen LogP) is 20.7. The molecule has 21 heteroatoms. The molecule has 3 aromatic heterocycles. The first kappa shape index (κ1) is 92.3. The first-order valence-electron chi connectivity index (χ1n) is 40.9. The molecule has 0 saturated heterocycles. The monoisotopic (exact) mass is 1480 g/mol. The highest BCUT2D eigenvalue weighted by atomic mass is 16.6. The van der Waals surface area contributed by atoms with Crippen LogP contribution in [0.1, 0.15) is 366 Å². The molecule has 3 atom stereocenters. The van der Waals surface area contributed by atoms with Crippen molar-refractivity contribution in [1.29, 1.82) is 0 Å². The third-order valence-electron chi connectivity index (χ3n) is 18.6. The molecule has 0 N–H and O–H groups in total. The normalized spacial score (nSPS) is 12.4. The summed E-state index contributed by atoms with van der Waals surface area (Å²) in [5.74, 6) is -2.14. The van der Waals surface area contributed by atoms with E-state index in [0.717, 1.165) is 250 Å². The van der Waals surface area contributed by atoms with Crippen LogP contribution >= 0.6 is 0 Å². The molecule has 0 aliphatic heterocycles. The lowest BCUT2D eigenvalue weighted by atomic mass is 10.0. The molecule has 0 aliphatic rings. The number of hydrogen-bond acceptors (Lipinski definition) is 21. The van der Waals surface area contributed by atoms with Gasteiger partial charge in [0.2, 0.25) is 0 Å². The topological polar surface area (TPSA) is 276 Å². The van der Waals surface area contributed by atoms with Gasteiger partial charge in [-0.25, -0.2) is 0 Å². The molecule has 0 fully saturated rings. The minimum Gasteiger partial charge on any atom is -0.466 e. The smallest absolute Gasteiger partial charge is 0.306 e. The van der Waals surface area contributed by atoms with Crippen LogP contribution in [0, 0.1) is 0 Å². The standard InChI is InChI=1S/C84H134O21/c1-4-7-10-31-43-69(102-82(91)58-55-78(87)97-64-72-49-40-61-94-72)46-34-25-19-13-16-22-28-37-52-76(85)100-67-75(105-81(90)54-39-30-24-18-15-21-27-36-48-71(45-33-12-9-6-3)104-84(93)60-57-80(89)99-66-74-51-42-63-96-74)68-101-77(86)53-38-29-23-17-14-20-26-35-47-70(44-32-11-8-5-2)103-83(92)59-56-79(88)98-65-73-50-41-62-95-73/h40-42,49-51,61-63,69-71,75H,4-39,43-48,52-60,64-68H2,1-3H3. The van der Waals surface area contributed by atoms with Crippen LogP contribution in [-0.2, 0) is 106 Å².